The lowest BCUT2D eigenvalue weighted by Gasteiger charge is -2.20. The topological polar surface area (TPSA) is 84.2 Å². The minimum Gasteiger partial charge on any atom is -0.369 e. The summed E-state index contributed by atoms with van der Waals surface area (Å²) in [6, 6.07) is 22.4. The summed E-state index contributed by atoms with van der Waals surface area (Å²) in [6.07, 6.45) is 5.64. The van der Waals surface area contributed by atoms with Crippen molar-refractivity contribution in [1.29, 1.82) is 0 Å². The minimum absolute atomic E-state index is 0.0239. The molecule has 0 radical (unpaired) electrons. The van der Waals surface area contributed by atoms with E-state index in [-0.39, 0.29) is 23.3 Å². The first kappa shape index (κ1) is 26.8. The second-order valence-corrected chi connectivity index (χ2v) is 10.9. The maximum atomic E-state index is 12.4. The highest BCUT2D eigenvalue weighted by molar-refractivity contribution is 7.97. The highest BCUT2D eigenvalue weighted by atomic mass is 32.2. The lowest BCUT2D eigenvalue weighted by molar-refractivity contribution is -0.121. The molecule has 0 bridgehead atoms. The van der Waals surface area contributed by atoms with Gasteiger partial charge in [-0.25, -0.2) is 0 Å². The molecule has 0 unspecified atom stereocenters. The monoisotopic (exact) mass is 491 g/mol. The largest absolute Gasteiger partial charge is 0.369 e. The Balaban J connectivity index is 0.000000363. The van der Waals surface area contributed by atoms with Gasteiger partial charge >= 0.3 is 0 Å². The number of benzene rings is 3. The van der Waals surface area contributed by atoms with Crippen LogP contribution in [0, 0.1) is 5.92 Å². The highest BCUT2D eigenvalue weighted by Crippen LogP contribution is 2.32. The van der Waals surface area contributed by atoms with E-state index in [0.29, 0.717) is 6.42 Å². The number of carbonyl (C=O) groups excluding carboxylic acids is 2. The number of hydrogen-bond acceptors (Lipinski definition) is 4. The molecule has 4 rings (SSSR count). The smallest absolute Gasteiger partial charge is 0.224 e. The zero-order valence-corrected chi connectivity index (χ0v) is 21.8. The van der Waals surface area contributed by atoms with Gasteiger partial charge < -0.3 is 11.1 Å². The molecule has 3 aromatic rings. The summed E-state index contributed by atoms with van der Waals surface area (Å²) in [4.78, 5) is 24.0. The summed E-state index contributed by atoms with van der Waals surface area (Å²) >= 11 is 1.63. The van der Waals surface area contributed by atoms with Gasteiger partial charge in [0.05, 0.1) is 0 Å². The van der Waals surface area contributed by atoms with E-state index < -0.39 is 0 Å². The van der Waals surface area contributed by atoms with Crippen LogP contribution in [-0.2, 0) is 16.0 Å². The Morgan fingerprint density at radius 3 is 2.20 bits per heavy atom. The van der Waals surface area contributed by atoms with Crippen molar-refractivity contribution < 1.29 is 9.59 Å². The first-order chi connectivity index (χ1) is 16.7. The zero-order chi connectivity index (χ0) is 25.3. The number of fused-ring (bicyclic) bond motifs is 1. The van der Waals surface area contributed by atoms with Crippen LogP contribution in [0.1, 0.15) is 58.4 Å². The predicted molar refractivity (Wildman–Crippen MR) is 147 cm³/mol. The molecule has 0 saturated heterocycles. The van der Waals surface area contributed by atoms with Gasteiger partial charge in [-0.2, -0.15) is 0 Å². The van der Waals surface area contributed by atoms with Crippen molar-refractivity contribution in [3.05, 3.63) is 72.3 Å². The summed E-state index contributed by atoms with van der Waals surface area (Å²) < 4.78 is 3.46. The Bertz CT molecular complexity index is 1120. The van der Waals surface area contributed by atoms with E-state index in [4.69, 9.17) is 5.73 Å². The number of carbonyl (C=O) groups is 2. The van der Waals surface area contributed by atoms with E-state index in [1.807, 2.05) is 36.4 Å². The molecule has 1 aliphatic rings. The molecule has 0 heterocycles. The molecule has 1 saturated carbocycles. The van der Waals surface area contributed by atoms with Gasteiger partial charge in [0.15, 0.2) is 0 Å². The summed E-state index contributed by atoms with van der Waals surface area (Å²) in [7, 11) is 0. The number of rotatable bonds is 7. The molecule has 6 heteroatoms. The average molecular weight is 492 g/mol. The number of anilines is 1. The molecule has 1 aliphatic carbocycles. The van der Waals surface area contributed by atoms with Crippen molar-refractivity contribution in [2.45, 2.75) is 69.7 Å². The Morgan fingerprint density at radius 1 is 0.914 bits per heavy atom. The van der Waals surface area contributed by atoms with Crippen LogP contribution in [0.3, 0.4) is 0 Å². The molecule has 4 N–H and O–H groups in total. The van der Waals surface area contributed by atoms with Gasteiger partial charge in [0.2, 0.25) is 11.8 Å². The fourth-order valence-corrected chi connectivity index (χ4v) is 4.86. The fourth-order valence-electron chi connectivity index (χ4n) is 4.01. The summed E-state index contributed by atoms with van der Waals surface area (Å²) in [5.74, 6) is 0.134. The molecule has 0 spiro atoms. The summed E-state index contributed by atoms with van der Waals surface area (Å²) in [6.45, 7) is 6.43. The molecule has 5 nitrogen and oxygen atoms in total. The fraction of sp³-hybridized carbons (Fsp3) is 0.379. The number of hydrogen-bond donors (Lipinski definition) is 3. The Labute approximate surface area is 213 Å². The molecule has 2 amide bonds. The van der Waals surface area contributed by atoms with Crippen LogP contribution in [0.15, 0.2) is 71.6 Å². The van der Waals surface area contributed by atoms with Gasteiger partial charge in [-0.15, -0.1) is 0 Å². The SMILES string of the molecule is CC(C)(C)NSc1cccc2c(NC(=O)CCc3ccccc3)cccc12.NC(=O)C1CCCC1. The number of amides is 2. The van der Waals surface area contributed by atoms with Crippen LogP contribution in [0.4, 0.5) is 5.69 Å². The van der Waals surface area contributed by atoms with Gasteiger partial charge in [-0.3, -0.25) is 14.3 Å². The molecule has 35 heavy (non-hydrogen) atoms. The van der Waals surface area contributed by atoms with Crippen molar-refractivity contribution >= 4 is 40.2 Å². The Hall–Kier alpha value is -2.83. The summed E-state index contributed by atoms with van der Waals surface area (Å²) in [5.41, 5.74) is 7.13. The maximum absolute atomic E-state index is 12.4. The first-order valence-electron chi connectivity index (χ1n) is 12.3. The molecular formula is C29H37N3O2S. The predicted octanol–water partition coefficient (Wildman–Crippen LogP) is 6.47. The molecule has 186 valence electrons. The van der Waals surface area contributed by atoms with Gasteiger partial charge in [0.1, 0.15) is 0 Å². The molecule has 3 aromatic carbocycles. The van der Waals surface area contributed by atoms with E-state index in [9.17, 15) is 9.59 Å². The highest BCUT2D eigenvalue weighted by Gasteiger charge is 2.19. The quantitative estimate of drug-likeness (QED) is 0.331. The van der Waals surface area contributed by atoms with E-state index in [1.54, 1.807) is 11.9 Å². The third-order valence-electron chi connectivity index (χ3n) is 5.86. The Morgan fingerprint density at radius 2 is 1.57 bits per heavy atom. The Kier molecular flexibility index (Phi) is 9.75. The standard InChI is InChI=1S/C23H26N2OS.C6H11NO/c1-23(2,3)25-27-21-14-8-11-18-19(21)12-7-13-20(18)24-22(26)16-15-17-9-5-4-6-10-17;7-6(8)5-3-1-2-4-5/h4-14,25H,15-16H2,1-3H3,(H,24,26);5H,1-4H2,(H2,7,8). The third-order valence-corrected chi connectivity index (χ3v) is 7.15. The molecular weight excluding hydrogens is 454 g/mol. The summed E-state index contributed by atoms with van der Waals surface area (Å²) in [5, 5.41) is 5.29. The molecule has 1 fully saturated rings. The average Bonchev–Trinajstić information content (AvgIpc) is 3.38. The van der Waals surface area contributed by atoms with Crippen molar-refractivity contribution in [1.82, 2.24) is 4.72 Å². The van der Waals surface area contributed by atoms with Gasteiger partial charge in [0, 0.05) is 33.8 Å². The number of aryl methyl sites for hydroxylation is 1. The number of nitrogens with two attached hydrogens (primary N) is 1. The van der Waals surface area contributed by atoms with Gasteiger partial charge in [0.25, 0.3) is 0 Å². The second kappa shape index (κ2) is 12.8. The number of nitrogens with one attached hydrogen (secondary N) is 2. The van der Waals surface area contributed by atoms with Crippen LogP contribution in [-0.4, -0.2) is 17.4 Å². The molecule has 0 aromatic heterocycles. The maximum Gasteiger partial charge on any atom is 0.224 e. The normalized spacial score (nSPS) is 13.8. The van der Waals surface area contributed by atoms with Crippen molar-refractivity contribution in [2.75, 3.05) is 5.32 Å². The van der Waals surface area contributed by atoms with Crippen LogP contribution in [0.2, 0.25) is 0 Å². The van der Waals surface area contributed by atoms with Crippen LogP contribution in [0.5, 0.6) is 0 Å². The van der Waals surface area contributed by atoms with Crippen LogP contribution in [0.25, 0.3) is 10.8 Å². The minimum atomic E-state index is -0.109. The van der Waals surface area contributed by atoms with Gasteiger partial charge in [-0.05, 0) is 75.1 Å². The first-order valence-corrected chi connectivity index (χ1v) is 13.1. The zero-order valence-electron chi connectivity index (χ0n) is 21.0. The lowest BCUT2D eigenvalue weighted by Crippen LogP contribution is -2.29. The molecule has 0 aliphatic heterocycles. The molecule has 0 atom stereocenters. The van der Waals surface area contributed by atoms with Crippen molar-refractivity contribution in [3.63, 3.8) is 0 Å². The van der Waals surface area contributed by atoms with E-state index in [0.717, 1.165) is 40.6 Å². The van der Waals surface area contributed by atoms with E-state index in [2.05, 4.69) is 61.1 Å². The van der Waals surface area contributed by atoms with E-state index in [1.165, 1.54) is 18.4 Å². The van der Waals surface area contributed by atoms with Crippen molar-refractivity contribution in [2.24, 2.45) is 11.7 Å². The third kappa shape index (κ3) is 8.71. The van der Waals surface area contributed by atoms with Gasteiger partial charge in [-0.1, -0.05) is 67.4 Å². The lowest BCUT2D eigenvalue weighted by atomic mass is 10.1. The number of primary amides is 1. The van der Waals surface area contributed by atoms with E-state index >= 15 is 0 Å². The van der Waals surface area contributed by atoms with Crippen LogP contribution < -0.4 is 15.8 Å². The van der Waals surface area contributed by atoms with Crippen LogP contribution >= 0.6 is 11.9 Å². The van der Waals surface area contributed by atoms with Crippen molar-refractivity contribution in [3.8, 4) is 0 Å². The second-order valence-electron chi connectivity index (χ2n) is 10.0.